The fraction of sp³-hybridized carbons (Fsp3) is 0.350. The van der Waals surface area contributed by atoms with E-state index in [-0.39, 0.29) is 30.5 Å². The molecule has 4 aromatic rings. The van der Waals surface area contributed by atoms with Gasteiger partial charge in [-0.2, -0.15) is 0 Å². The lowest BCUT2D eigenvalue weighted by molar-refractivity contribution is 0.00726. The molecule has 4 atom stereocenters. The van der Waals surface area contributed by atoms with Crippen molar-refractivity contribution in [1.82, 2.24) is 9.88 Å². The van der Waals surface area contributed by atoms with E-state index in [1.54, 1.807) is 6.07 Å². The zero-order chi connectivity index (χ0) is 32.3. The van der Waals surface area contributed by atoms with Gasteiger partial charge in [-0.05, 0) is 59.7 Å². The first-order valence-electron chi connectivity index (χ1n) is 17.0. The Hall–Kier alpha value is -4.30. The molecule has 7 nitrogen and oxygen atoms in total. The van der Waals surface area contributed by atoms with E-state index >= 15 is 0 Å². The molecule has 1 unspecified atom stereocenters. The highest BCUT2D eigenvalue weighted by molar-refractivity contribution is 5.88. The van der Waals surface area contributed by atoms with E-state index in [4.69, 9.17) is 15.2 Å². The maximum atomic E-state index is 11.5. The quantitative estimate of drug-likeness (QED) is 0.170. The zero-order valence-corrected chi connectivity index (χ0v) is 27.1. The van der Waals surface area contributed by atoms with Crippen molar-refractivity contribution in [2.24, 2.45) is 11.7 Å². The van der Waals surface area contributed by atoms with Crippen LogP contribution in [0.1, 0.15) is 66.8 Å². The third kappa shape index (κ3) is 6.89. The first-order valence-corrected chi connectivity index (χ1v) is 17.0. The van der Waals surface area contributed by atoms with Crippen LogP contribution < -0.4 is 15.8 Å². The number of aromatic nitrogens is 1. The summed E-state index contributed by atoms with van der Waals surface area (Å²) in [5.74, 6) is 1.42. The van der Waals surface area contributed by atoms with Gasteiger partial charge in [0.2, 0.25) is 0 Å². The Morgan fingerprint density at radius 1 is 0.957 bits per heavy atom. The number of ether oxygens (including phenoxy) is 2. The van der Waals surface area contributed by atoms with Crippen molar-refractivity contribution in [3.8, 4) is 11.5 Å². The van der Waals surface area contributed by atoms with Gasteiger partial charge in [-0.1, -0.05) is 86.9 Å². The first-order chi connectivity index (χ1) is 22.9. The number of nitrogens with two attached hydrogens (primary N) is 1. The van der Waals surface area contributed by atoms with Crippen LogP contribution in [0.15, 0.2) is 90.8 Å². The van der Waals surface area contributed by atoms with Gasteiger partial charge in [-0.15, -0.1) is 0 Å². The number of dihydropyridines is 1. The molecular weight excluding hydrogens is 586 g/mol. The van der Waals surface area contributed by atoms with Crippen molar-refractivity contribution < 1.29 is 19.7 Å². The normalized spacial score (nSPS) is 22.5. The number of aliphatic hydroxyl groups is 1. The molecule has 5 N–H and O–H groups in total. The van der Waals surface area contributed by atoms with E-state index in [0.29, 0.717) is 25.2 Å². The molecule has 1 aliphatic carbocycles. The summed E-state index contributed by atoms with van der Waals surface area (Å²) in [4.78, 5) is 0. The molecule has 0 amide bonds. The van der Waals surface area contributed by atoms with Crippen LogP contribution in [0, 0.1) is 5.92 Å². The smallest absolute Gasteiger partial charge is 0.168 e. The number of fused-ring (bicyclic) bond motifs is 5. The van der Waals surface area contributed by atoms with Gasteiger partial charge >= 0.3 is 0 Å². The van der Waals surface area contributed by atoms with Gasteiger partial charge in [-0.25, -0.2) is 0 Å². The van der Waals surface area contributed by atoms with Crippen molar-refractivity contribution in [3.05, 3.63) is 119 Å². The predicted molar refractivity (Wildman–Crippen MR) is 188 cm³/mol. The third-order valence-corrected chi connectivity index (χ3v) is 9.73. The van der Waals surface area contributed by atoms with Crippen molar-refractivity contribution in [2.75, 3.05) is 6.61 Å². The van der Waals surface area contributed by atoms with E-state index in [2.05, 4.69) is 77.8 Å². The highest BCUT2D eigenvalue weighted by Crippen LogP contribution is 2.40. The Morgan fingerprint density at radius 3 is 2.68 bits per heavy atom. The molecule has 4 heterocycles. The monoisotopic (exact) mass is 631 g/mol. The molecule has 1 aromatic heterocycles. The zero-order valence-electron chi connectivity index (χ0n) is 27.1. The van der Waals surface area contributed by atoms with Crippen LogP contribution in [0.25, 0.3) is 22.7 Å². The largest absolute Gasteiger partial charge is 0.504 e. The highest BCUT2D eigenvalue weighted by Gasteiger charge is 2.28. The molecule has 7 heteroatoms. The van der Waals surface area contributed by atoms with Crippen molar-refractivity contribution in [3.63, 3.8) is 0 Å². The standard InChI is InChI=1S/C40H45N3O4/c1-2-3-5-10-33-21-37(45)29-11-14-34-28(20-29)12-15-36(44)39(34)47-25-32-19-27(17-26-8-6-4-7-9-26)18-31-22-43(23-35(31)32)40-30(24-46-33)13-16-38(41)42-40/h4,6-9,11-16,18-19,22-23,29,33,37-38,42,44-45H,2-3,5,10,17,20-21,24-25,41H2,1H3/t29-,33-,37-,38?/m0/s1. The molecule has 6 bridgehead atoms. The minimum Gasteiger partial charge on any atom is -0.504 e. The van der Waals surface area contributed by atoms with Gasteiger partial charge in [0.05, 0.1) is 25.0 Å². The molecule has 0 spiro atoms. The number of aromatic hydroxyl groups is 1. The molecule has 8 rings (SSSR count). The van der Waals surface area contributed by atoms with E-state index < -0.39 is 6.10 Å². The molecule has 244 valence electrons. The van der Waals surface area contributed by atoms with E-state index in [1.165, 1.54) is 11.1 Å². The second kappa shape index (κ2) is 13.8. The number of unbranched alkanes of at least 4 members (excludes halogenated alkanes) is 2. The second-order valence-electron chi connectivity index (χ2n) is 13.2. The molecule has 4 aliphatic rings. The Balaban J connectivity index is 1.33. The maximum Gasteiger partial charge on any atom is 0.168 e. The number of hydrogen-bond donors (Lipinski definition) is 4. The Labute approximate surface area is 277 Å². The SMILES string of the molecule is CCCCC[C@H]1C[C@H](O)[C@H]2C=Cc3c(ccc(O)c3OCc3cc(Cc4ccccc4)cc4cn(cc34)C3=C(C=CC(N)N3)CO1)C2. The summed E-state index contributed by atoms with van der Waals surface area (Å²) >= 11 is 0. The Bertz CT molecular complexity index is 1820. The van der Waals surface area contributed by atoms with Crippen molar-refractivity contribution >= 4 is 22.7 Å². The number of phenolic OH excluding ortho intramolecular Hbond substituents is 1. The number of nitrogens with zero attached hydrogens (tertiary/aromatic N) is 1. The molecule has 3 aliphatic heterocycles. The van der Waals surface area contributed by atoms with Crippen LogP contribution in [0.2, 0.25) is 0 Å². The fourth-order valence-corrected chi connectivity index (χ4v) is 7.17. The van der Waals surface area contributed by atoms with Gasteiger partial charge in [0.25, 0.3) is 0 Å². The summed E-state index contributed by atoms with van der Waals surface area (Å²) in [6.07, 6.45) is 17.6. The summed E-state index contributed by atoms with van der Waals surface area (Å²) in [7, 11) is 0. The number of rotatable bonds is 6. The molecule has 0 radical (unpaired) electrons. The Morgan fingerprint density at radius 2 is 1.83 bits per heavy atom. The minimum absolute atomic E-state index is 0.0503. The number of benzene rings is 3. The number of aliphatic hydroxyl groups excluding tert-OH is 1. The highest BCUT2D eigenvalue weighted by atomic mass is 16.5. The summed E-state index contributed by atoms with van der Waals surface area (Å²) in [6.45, 7) is 2.90. The van der Waals surface area contributed by atoms with E-state index in [0.717, 1.165) is 71.0 Å². The first kappa shape index (κ1) is 31.3. The average molecular weight is 632 g/mol. The number of hydrogen-bond acceptors (Lipinski definition) is 6. The topological polar surface area (TPSA) is 102 Å². The lowest BCUT2D eigenvalue weighted by Gasteiger charge is -2.29. The van der Waals surface area contributed by atoms with Crippen LogP contribution >= 0.6 is 0 Å². The number of nitrogens with one attached hydrogen (secondary N) is 1. The van der Waals surface area contributed by atoms with Crippen LogP contribution in [-0.4, -0.2) is 39.8 Å². The molecule has 0 saturated carbocycles. The minimum atomic E-state index is -0.558. The van der Waals surface area contributed by atoms with Crippen LogP contribution in [-0.2, 0) is 24.2 Å². The van der Waals surface area contributed by atoms with Crippen molar-refractivity contribution in [1.29, 1.82) is 0 Å². The van der Waals surface area contributed by atoms with Gasteiger partial charge in [-0.3, -0.25) is 0 Å². The fourth-order valence-electron chi connectivity index (χ4n) is 7.17. The lowest BCUT2D eigenvalue weighted by atomic mass is 9.83. The summed E-state index contributed by atoms with van der Waals surface area (Å²) < 4.78 is 15.2. The average Bonchev–Trinajstić information content (AvgIpc) is 3.51. The van der Waals surface area contributed by atoms with Gasteiger partial charge < -0.3 is 35.3 Å². The second-order valence-corrected chi connectivity index (χ2v) is 13.2. The molecule has 47 heavy (non-hydrogen) atoms. The Kier molecular flexibility index (Phi) is 9.21. The van der Waals surface area contributed by atoms with Gasteiger partial charge in [0.1, 0.15) is 12.4 Å². The summed E-state index contributed by atoms with van der Waals surface area (Å²) in [6, 6.07) is 18.6. The van der Waals surface area contributed by atoms with E-state index in [1.807, 2.05) is 24.3 Å². The van der Waals surface area contributed by atoms with Crippen LogP contribution in [0.4, 0.5) is 0 Å². The van der Waals surface area contributed by atoms with E-state index in [9.17, 15) is 10.2 Å². The van der Waals surface area contributed by atoms with Gasteiger partial charge in [0, 0.05) is 46.6 Å². The molecule has 0 fully saturated rings. The predicted octanol–water partition coefficient (Wildman–Crippen LogP) is 7.05. The van der Waals surface area contributed by atoms with Crippen LogP contribution in [0.3, 0.4) is 0 Å². The molecule has 0 saturated heterocycles. The van der Waals surface area contributed by atoms with Crippen LogP contribution in [0.5, 0.6) is 11.5 Å². The number of phenols is 1. The summed E-state index contributed by atoms with van der Waals surface area (Å²) in [5, 5.41) is 28.1. The molecular formula is C40H45N3O4. The lowest BCUT2D eigenvalue weighted by Crippen LogP contribution is -2.39. The van der Waals surface area contributed by atoms with Crippen molar-refractivity contribution in [2.45, 2.75) is 76.9 Å². The third-order valence-electron chi connectivity index (χ3n) is 9.73. The van der Waals surface area contributed by atoms with Gasteiger partial charge in [0.15, 0.2) is 11.5 Å². The molecule has 3 aromatic carbocycles. The maximum absolute atomic E-state index is 11.5. The summed E-state index contributed by atoms with van der Waals surface area (Å²) in [5.41, 5.74) is 12.8.